The summed E-state index contributed by atoms with van der Waals surface area (Å²) in [6.07, 6.45) is 0.895. The van der Waals surface area contributed by atoms with Crippen LogP contribution in [0.4, 0.5) is 0 Å². The normalized spacial score (nSPS) is 34.0. The molecular formula is C10H19NO2S. The van der Waals surface area contributed by atoms with E-state index in [9.17, 15) is 9.35 Å². The van der Waals surface area contributed by atoms with Crippen LogP contribution in [0, 0.1) is 0 Å². The molecule has 1 aliphatic rings. The van der Waals surface area contributed by atoms with Crippen molar-refractivity contribution in [1.82, 2.24) is 4.31 Å². The van der Waals surface area contributed by atoms with Gasteiger partial charge >= 0.3 is 0 Å². The summed E-state index contributed by atoms with van der Waals surface area (Å²) >= 11 is -1.05. The van der Waals surface area contributed by atoms with Crippen molar-refractivity contribution >= 4 is 17.1 Å². The first-order chi connectivity index (χ1) is 6.30. The van der Waals surface area contributed by atoms with E-state index in [1.54, 1.807) is 6.92 Å². The highest BCUT2D eigenvalue weighted by molar-refractivity contribution is 7.90. The van der Waals surface area contributed by atoms with Crippen molar-refractivity contribution in [3.8, 4) is 0 Å². The van der Waals surface area contributed by atoms with E-state index < -0.39 is 11.4 Å². The fraction of sp³-hybridized carbons (Fsp3) is 0.900. The highest BCUT2D eigenvalue weighted by atomic mass is 32.2. The van der Waals surface area contributed by atoms with Gasteiger partial charge in [0.25, 0.3) is 0 Å². The minimum Gasteiger partial charge on any atom is -0.597 e. The van der Waals surface area contributed by atoms with Gasteiger partial charge in [-0.1, -0.05) is 6.92 Å². The first kappa shape index (κ1) is 12.0. The maximum atomic E-state index is 12.0. The molecule has 1 rings (SSSR count). The third-order valence-corrected chi connectivity index (χ3v) is 4.35. The lowest BCUT2D eigenvalue weighted by molar-refractivity contribution is -0.117. The summed E-state index contributed by atoms with van der Waals surface area (Å²) in [5.41, 5.74) is 0. The minimum atomic E-state index is -1.05. The third-order valence-electron chi connectivity index (χ3n) is 2.43. The van der Waals surface area contributed by atoms with Gasteiger partial charge in [-0.25, -0.2) is 0 Å². The van der Waals surface area contributed by atoms with Gasteiger partial charge in [0.1, 0.15) is 10.8 Å². The second kappa shape index (κ2) is 3.83. The van der Waals surface area contributed by atoms with Crippen molar-refractivity contribution in [2.24, 2.45) is 0 Å². The Kier molecular flexibility index (Phi) is 3.29. The highest BCUT2D eigenvalue weighted by Gasteiger charge is 2.60. The molecule has 0 N–H and O–H groups in total. The Balaban J connectivity index is 2.68. The molecule has 1 saturated heterocycles. The molecule has 1 aliphatic heterocycles. The van der Waals surface area contributed by atoms with E-state index in [2.05, 4.69) is 0 Å². The van der Waals surface area contributed by atoms with Crippen LogP contribution in [0.5, 0.6) is 0 Å². The van der Waals surface area contributed by atoms with Gasteiger partial charge in [0.15, 0.2) is 5.78 Å². The maximum absolute atomic E-state index is 12.0. The van der Waals surface area contributed by atoms with Crippen molar-refractivity contribution in [1.29, 1.82) is 0 Å². The zero-order chi connectivity index (χ0) is 11.1. The van der Waals surface area contributed by atoms with Crippen molar-refractivity contribution in [3.05, 3.63) is 0 Å². The second-order valence-corrected chi connectivity index (χ2v) is 6.90. The number of ketones is 1. The molecule has 0 spiro atoms. The van der Waals surface area contributed by atoms with Gasteiger partial charge in [0.2, 0.25) is 0 Å². The van der Waals surface area contributed by atoms with Gasteiger partial charge in [-0.05, 0) is 34.1 Å². The third kappa shape index (κ3) is 2.12. The van der Waals surface area contributed by atoms with E-state index in [-0.39, 0.29) is 22.6 Å². The smallest absolute Gasteiger partial charge is 0.153 e. The van der Waals surface area contributed by atoms with Crippen LogP contribution >= 0.6 is 0 Å². The molecule has 0 aromatic rings. The van der Waals surface area contributed by atoms with Crippen molar-refractivity contribution in [3.63, 3.8) is 0 Å². The van der Waals surface area contributed by atoms with Crippen LogP contribution in [-0.2, 0) is 16.2 Å². The van der Waals surface area contributed by atoms with E-state index in [0.29, 0.717) is 0 Å². The molecule has 4 heteroatoms. The molecule has 14 heavy (non-hydrogen) atoms. The number of hydrogen-bond donors (Lipinski definition) is 0. The Morgan fingerprint density at radius 3 is 2.21 bits per heavy atom. The molecule has 2 unspecified atom stereocenters. The topological polar surface area (TPSA) is 43.1 Å². The molecule has 0 radical (unpaired) electrons. The summed E-state index contributed by atoms with van der Waals surface area (Å²) in [6.45, 7) is 9.41. The Morgan fingerprint density at radius 1 is 1.50 bits per heavy atom. The van der Waals surface area contributed by atoms with Gasteiger partial charge < -0.3 is 4.55 Å². The zero-order valence-corrected chi connectivity index (χ0v) is 10.4. The number of nitrogens with zero attached hydrogens (tertiary/aromatic N) is 1. The molecule has 4 atom stereocenters. The number of Topliss-reactive ketones (excluding diaryl/α,β-unsaturated/α-hetero) is 1. The minimum absolute atomic E-state index is 0.0972. The summed E-state index contributed by atoms with van der Waals surface area (Å²) in [5.74, 6) is 0.134. The molecule has 1 fully saturated rings. The van der Waals surface area contributed by atoms with Gasteiger partial charge in [-0.15, -0.1) is 4.31 Å². The first-order valence-electron chi connectivity index (χ1n) is 5.01. The Morgan fingerprint density at radius 2 is 2.00 bits per heavy atom. The van der Waals surface area contributed by atoms with Crippen molar-refractivity contribution < 1.29 is 9.35 Å². The van der Waals surface area contributed by atoms with Crippen LogP contribution in [-0.4, -0.2) is 31.5 Å². The number of carbonyl (C=O) groups is 1. The first-order valence-corrected chi connectivity index (χ1v) is 6.12. The largest absolute Gasteiger partial charge is 0.597 e. The van der Waals surface area contributed by atoms with Gasteiger partial charge in [0, 0.05) is 11.4 Å². The fourth-order valence-electron chi connectivity index (χ4n) is 1.65. The predicted molar refractivity (Wildman–Crippen MR) is 58.3 cm³/mol. The second-order valence-electron chi connectivity index (χ2n) is 4.75. The molecule has 0 amide bonds. The monoisotopic (exact) mass is 217 g/mol. The molecule has 3 nitrogen and oxygen atoms in total. The summed E-state index contributed by atoms with van der Waals surface area (Å²) in [5, 5.41) is 0. The Labute approximate surface area is 89.2 Å². The van der Waals surface area contributed by atoms with Gasteiger partial charge in [-0.2, -0.15) is 0 Å². The van der Waals surface area contributed by atoms with Gasteiger partial charge in [-0.3, -0.25) is 4.79 Å². The summed E-state index contributed by atoms with van der Waals surface area (Å²) in [6, 6.07) is 0.104. The van der Waals surface area contributed by atoms with E-state index in [1.165, 1.54) is 0 Å². The molecule has 0 aromatic carbocycles. The molecule has 82 valence electrons. The quantitative estimate of drug-likeness (QED) is 0.531. The highest BCUT2D eigenvalue weighted by Crippen LogP contribution is 2.39. The van der Waals surface area contributed by atoms with Crippen LogP contribution in [0.15, 0.2) is 0 Å². The van der Waals surface area contributed by atoms with E-state index in [4.69, 9.17) is 0 Å². The van der Waals surface area contributed by atoms with E-state index in [1.807, 2.05) is 32.0 Å². The van der Waals surface area contributed by atoms with E-state index in [0.717, 1.165) is 6.42 Å². The SMILES string of the molecule is CC[C@H]1[C@@H](C(C)=O)N1[S+]([O-])C(C)(C)C. The maximum Gasteiger partial charge on any atom is 0.153 e. The predicted octanol–water partition coefficient (Wildman–Crippen LogP) is 1.50. The fourth-order valence-corrected chi connectivity index (χ4v) is 3.24. The molecule has 0 bridgehead atoms. The standard InChI is InChI=1S/C10H19NO2S/c1-6-8-9(7(2)12)11(8)14(13)10(3,4)5/h8-9H,6H2,1-5H3/t8-,9+,11?,14?/m0/s1. The lowest BCUT2D eigenvalue weighted by atomic mass is 10.2. The number of rotatable bonds is 3. The number of carbonyl (C=O) groups excluding carboxylic acids is 1. The Bertz CT molecular complexity index is 237. The average molecular weight is 217 g/mol. The molecule has 1 heterocycles. The number of hydrogen-bond acceptors (Lipinski definition) is 3. The lowest BCUT2D eigenvalue weighted by Crippen LogP contribution is -2.35. The van der Waals surface area contributed by atoms with E-state index >= 15 is 0 Å². The lowest BCUT2D eigenvalue weighted by Gasteiger charge is -2.24. The molecule has 0 saturated carbocycles. The van der Waals surface area contributed by atoms with Gasteiger partial charge in [0.05, 0.1) is 6.04 Å². The molecule has 0 aliphatic carbocycles. The summed E-state index contributed by atoms with van der Waals surface area (Å²) in [7, 11) is 0. The Hall–Kier alpha value is -0.0600. The van der Waals surface area contributed by atoms with Crippen LogP contribution in [0.25, 0.3) is 0 Å². The average Bonchev–Trinajstić information content (AvgIpc) is 2.74. The van der Waals surface area contributed by atoms with Crippen LogP contribution in [0.3, 0.4) is 0 Å². The van der Waals surface area contributed by atoms with Crippen molar-refractivity contribution in [2.75, 3.05) is 0 Å². The van der Waals surface area contributed by atoms with Crippen LogP contribution in [0.1, 0.15) is 41.0 Å². The molecule has 0 aromatic heterocycles. The molecular weight excluding hydrogens is 198 g/mol. The van der Waals surface area contributed by atoms with Crippen LogP contribution in [0.2, 0.25) is 0 Å². The van der Waals surface area contributed by atoms with Crippen LogP contribution < -0.4 is 0 Å². The zero-order valence-electron chi connectivity index (χ0n) is 9.53. The summed E-state index contributed by atoms with van der Waals surface area (Å²) < 4.78 is 13.6. The van der Waals surface area contributed by atoms with Crippen molar-refractivity contribution in [2.45, 2.75) is 57.9 Å². The summed E-state index contributed by atoms with van der Waals surface area (Å²) in [4.78, 5) is 11.2.